The van der Waals surface area contributed by atoms with Crippen LogP contribution in [0, 0.1) is 0 Å². The molecule has 0 aromatic carbocycles. The molecular formula is C12H21N3O2S2. The fraction of sp³-hybridized carbons (Fsp3) is 0.667. The first kappa shape index (κ1) is 14.9. The summed E-state index contributed by atoms with van der Waals surface area (Å²) in [6.45, 7) is 2.08. The van der Waals surface area contributed by atoms with Crippen molar-refractivity contribution in [3.63, 3.8) is 0 Å². The number of rotatable bonds is 6. The average Bonchev–Trinajstić information content (AvgIpc) is 2.97. The molecule has 3 N–H and O–H groups in total. The summed E-state index contributed by atoms with van der Waals surface area (Å²) in [7, 11) is -1.33. The van der Waals surface area contributed by atoms with E-state index in [9.17, 15) is 8.42 Å². The molecule has 0 aliphatic carbocycles. The summed E-state index contributed by atoms with van der Waals surface area (Å²) in [5.74, 6) is 0. The molecule has 1 atom stereocenters. The molecule has 108 valence electrons. The van der Waals surface area contributed by atoms with Gasteiger partial charge < -0.3 is 10.6 Å². The molecule has 1 aliphatic heterocycles. The van der Waals surface area contributed by atoms with Crippen LogP contribution in [0.4, 0.5) is 0 Å². The first-order valence-electron chi connectivity index (χ1n) is 6.51. The van der Waals surface area contributed by atoms with Crippen LogP contribution in [0.2, 0.25) is 0 Å². The summed E-state index contributed by atoms with van der Waals surface area (Å²) in [6, 6.07) is 3.82. The van der Waals surface area contributed by atoms with E-state index in [1.54, 1.807) is 6.07 Å². The number of hydrogen-bond acceptors (Lipinski definition) is 5. The van der Waals surface area contributed by atoms with Crippen molar-refractivity contribution >= 4 is 21.4 Å². The lowest BCUT2D eigenvalue weighted by molar-refractivity contribution is 0.311. The third-order valence-corrected chi connectivity index (χ3v) is 6.53. The zero-order chi connectivity index (χ0) is 13.9. The highest BCUT2D eigenvalue weighted by Gasteiger charge is 2.24. The van der Waals surface area contributed by atoms with Gasteiger partial charge in [0, 0.05) is 17.5 Å². The van der Waals surface area contributed by atoms with Crippen LogP contribution in [0.1, 0.15) is 17.7 Å². The molecule has 0 saturated carbocycles. The molecule has 0 amide bonds. The van der Waals surface area contributed by atoms with Crippen molar-refractivity contribution in [1.82, 2.24) is 9.62 Å². The van der Waals surface area contributed by atoms with Crippen LogP contribution in [-0.2, 0) is 16.4 Å². The number of likely N-dealkylation sites (tertiary alicyclic amines) is 1. The van der Waals surface area contributed by atoms with E-state index in [4.69, 9.17) is 5.73 Å². The Hall–Kier alpha value is -0.470. The molecule has 1 fully saturated rings. The van der Waals surface area contributed by atoms with E-state index in [0.29, 0.717) is 23.3 Å². The van der Waals surface area contributed by atoms with Gasteiger partial charge in [-0.25, -0.2) is 13.1 Å². The Labute approximate surface area is 118 Å². The second-order valence-electron chi connectivity index (χ2n) is 4.89. The van der Waals surface area contributed by atoms with Crippen molar-refractivity contribution in [3.05, 3.63) is 17.0 Å². The standard InChI is InChI=1S/C12H21N3O2S2/c1-15-8-2-3-10(15)9-14-19(16,17)12-5-4-11(18-12)6-7-13/h4-5,10,14H,2-3,6-9,13H2,1H3. The van der Waals surface area contributed by atoms with Gasteiger partial charge in [-0.15, -0.1) is 11.3 Å². The topological polar surface area (TPSA) is 75.4 Å². The van der Waals surface area contributed by atoms with E-state index >= 15 is 0 Å². The highest BCUT2D eigenvalue weighted by atomic mass is 32.2. The lowest BCUT2D eigenvalue weighted by Gasteiger charge is -2.19. The van der Waals surface area contributed by atoms with Crippen molar-refractivity contribution in [1.29, 1.82) is 0 Å². The van der Waals surface area contributed by atoms with Gasteiger partial charge in [0.1, 0.15) is 4.21 Å². The maximum absolute atomic E-state index is 12.2. The molecule has 5 nitrogen and oxygen atoms in total. The molecule has 1 unspecified atom stereocenters. The number of nitrogens with zero attached hydrogens (tertiary/aromatic N) is 1. The van der Waals surface area contributed by atoms with Gasteiger partial charge in [-0.2, -0.15) is 0 Å². The molecule has 0 radical (unpaired) electrons. The second kappa shape index (κ2) is 6.32. The number of hydrogen-bond donors (Lipinski definition) is 2. The first-order chi connectivity index (χ1) is 9.03. The quantitative estimate of drug-likeness (QED) is 0.808. The summed E-state index contributed by atoms with van der Waals surface area (Å²) in [6.07, 6.45) is 2.93. The predicted molar refractivity (Wildman–Crippen MR) is 77.9 cm³/mol. The molecule has 0 bridgehead atoms. The predicted octanol–water partition coefficient (Wildman–Crippen LogP) is 0.622. The van der Waals surface area contributed by atoms with Crippen LogP contribution >= 0.6 is 11.3 Å². The van der Waals surface area contributed by atoms with Crippen molar-refractivity contribution in [2.75, 3.05) is 26.7 Å². The Bertz CT molecular complexity index is 513. The minimum Gasteiger partial charge on any atom is -0.330 e. The molecular weight excluding hydrogens is 282 g/mol. The van der Waals surface area contributed by atoms with Gasteiger partial charge in [0.05, 0.1) is 0 Å². The van der Waals surface area contributed by atoms with Crippen molar-refractivity contribution < 1.29 is 8.42 Å². The Balaban J connectivity index is 1.97. The van der Waals surface area contributed by atoms with Gasteiger partial charge in [0.25, 0.3) is 0 Å². The van der Waals surface area contributed by atoms with E-state index in [1.807, 2.05) is 13.1 Å². The monoisotopic (exact) mass is 303 g/mol. The van der Waals surface area contributed by atoms with E-state index in [-0.39, 0.29) is 0 Å². The molecule has 1 saturated heterocycles. The number of nitrogens with one attached hydrogen (secondary N) is 1. The summed E-state index contributed by atoms with van der Waals surface area (Å²) in [4.78, 5) is 3.22. The van der Waals surface area contributed by atoms with Crippen molar-refractivity contribution in [3.8, 4) is 0 Å². The summed E-state index contributed by atoms with van der Waals surface area (Å²) in [5.41, 5.74) is 5.47. The van der Waals surface area contributed by atoms with Gasteiger partial charge in [-0.1, -0.05) is 0 Å². The van der Waals surface area contributed by atoms with Gasteiger partial charge in [-0.3, -0.25) is 0 Å². The smallest absolute Gasteiger partial charge is 0.250 e. The summed E-state index contributed by atoms with van der Waals surface area (Å²) >= 11 is 1.30. The second-order valence-corrected chi connectivity index (χ2v) is 8.05. The maximum Gasteiger partial charge on any atom is 0.250 e. The highest BCUT2D eigenvalue weighted by Crippen LogP contribution is 2.22. The third-order valence-electron chi connectivity index (χ3n) is 3.47. The van der Waals surface area contributed by atoms with Crippen LogP contribution in [-0.4, -0.2) is 46.0 Å². The minimum atomic E-state index is -3.37. The fourth-order valence-corrected chi connectivity index (χ4v) is 4.78. The SMILES string of the molecule is CN1CCCC1CNS(=O)(=O)c1ccc(CCN)s1. The van der Waals surface area contributed by atoms with Gasteiger partial charge >= 0.3 is 0 Å². The molecule has 1 aromatic rings. The first-order valence-corrected chi connectivity index (χ1v) is 8.81. The third kappa shape index (κ3) is 3.76. The fourth-order valence-electron chi connectivity index (χ4n) is 2.29. The number of sulfonamides is 1. The van der Waals surface area contributed by atoms with Crippen LogP contribution < -0.4 is 10.5 Å². The minimum absolute atomic E-state index is 0.318. The molecule has 2 rings (SSSR count). The maximum atomic E-state index is 12.2. The van der Waals surface area contributed by atoms with Gasteiger partial charge in [0.15, 0.2) is 0 Å². The average molecular weight is 303 g/mol. The Morgan fingerprint density at radius 2 is 2.32 bits per heavy atom. The summed E-state index contributed by atoms with van der Waals surface area (Å²) in [5, 5.41) is 0. The molecule has 7 heteroatoms. The zero-order valence-electron chi connectivity index (χ0n) is 11.1. The molecule has 1 aliphatic rings. The van der Waals surface area contributed by atoms with Crippen LogP contribution in [0.5, 0.6) is 0 Å². The Kier molecular flexibility index (Phi) is 4.97. The normalized spacial score (nSPS) is 21.1. The zero-order valence-corrected chi connectivity index (χ0v) is 12.8. The van der Waals surface area contributed by atoms with E-state index in [2.05, 4.69) is 9.62 Å². The van der Waals surface area contributed by atoms with Gasteiger partial charge in [-0.05, 0) is 51.5 Å². The molecule has 19 heavy (non-hydrogen) atoms. The lowest BCUT2D eigenvalue weighted by atomic mass is 10.2. The van der Waals surface area contributed by atoms with Crippen LogP contribution in [0.25, 0.3) is 0 Å². The molecule has 0 spiro atoms. The lowest BCUT2D eigenvalue weighted by Crippen LogP contribution is -2.37. The number of likely N-dealkylation sites (N-methyl/N-ethyl adjacent to an activating group) is 1. The van der Waals surface area contributed by atoms with Crippen molar-refractivity contribution in [2.45, 2.75) is 29.5 Å². The molecule has 1 aromatic heterocycles. The van der Waals surface area contributed by atoms with E-state index in [1.165, 1.54) is 11.3 Å². The molecule has 2 heterocycles. The van der Waals surface area contributed by atoms with Crippen LogP contribution in [0.3, 0.4) is 0 Å². The summed E-state index contributed by atoms with van der Waals surface area (Å²) < 4.78 is 27.4. The Morgan fingerprint density at radius 1 is 1.53 bits per heavy atom. The van der Waals surface area contributed by atoms with Gasteiger partial charge in [0.2, 0.25) is 10.0 Å². The number of thiophene rings is 1. The largest absolute Gasteiger partial charge is 0.330 e. The van der Waals surface area contributed by atoms with Crippen molar-refractivity contribution in [2.24, 2.45) is 5.73 Å². The Morgan fingerprint density at radius 3 is 2.95 bits per heavy atom. The van der Waals surface area contributed by atoms with Crippen LogP contribution in [0.15, 0.2) is 16.3 Å². The highest BCUT2D eigenvalue weighted by molar-refractivity contribution is 7.91. The van der Waals surface area contributed by atoms with E-state index < -0.39 is 10.0 Å². The number of nitrogens with two attached hydrogens (primary N) is 1. The van der Waals surface area contributed by atoms with E-state index in [0.717, 1.165) is 30.7 Å².